The highest BCUT2D eigenvalue weighted by molar-refractivity contribution is 7.90. The topological polar surface area (TPSA) is 68.7 Å². The quantitative estimate of drug-likeness (QED) is 0.706. The molecule has 0 saturated carbocycles. The summed E-state index contributed by atoms with van der Waals surface area (Å²) in [5.74, 6) is 1.57. The lowest BCUT2D eigenvalue weighted by molar-refractivity contribution is 0.195. The zero-order chi connectivity index (χ0) is 20.3. The van der Waals surface area contributed by atoms with Gasteiger partial charge in [-0.2, -0.15) is 0 Å². The van der Waals surface area contributed by atoms with Crippen molar-refractivity contribution >= 4 is 21.4 Å². The highest BCUT2D eigenvalue weighted by Gasteiger charge is 2.28. The second kappa shape index (κ2) is 8.68. The maximum Gasteiger partial charge on any atom is 0.177 e. The van der Waals surface area contributed by atoms with Crippen LogP contribution < -0.4 is 9.47 Å². The van der Waals surface area contributed by atoms with Gasteiger partial charge in [0.2, 0.25) is 0 Å². The van der Waals surface area contributed by atoms with Gasteiger partial charge in [-0.15, -0.1) is 0 Å². The first-order chi connectivity index (χ1) is 13.3. The molecular weight excluding hydrogens is 400 g/mol. The molecule has 0 amide bonds. The van der Waals surface area contributed by atoms with Gasteiger partial charge in [0.05, 0.1) is 29.8 Å². The van der Waals surface area contributed by atoms with Crippen molar-refractivity contribution < 1.29 is 17.9 Å². The Morgan fingerprint density at radius 1 is 1.25 bits per heavy atom. The number of methoxy groups -OCH3 is 2. The maximum absolute atomic E-state index is 12.2. The fraction of sp³-hybridized carbons (Fsp3) is 0.450. The van der Waals surface area contributed by atoms with Crippen LogP contribution in [0.15, 0.2) is 35.4 Å². The van der Waals surface area contributed by atoms with E-state index in [9.17, 15) is 8.42 Å². The van der Waals surface area contributed by atoms with E-state index in [1.807, 2.05) is 18.2 Å². The molecular formula is C20H25ClN2O4S. The molecule has 1 saturated heterocycles. The van der Waals surface area contributed by atoms with Crippen molar-refractivity contribution in [2.24, 2.45) is 0 Å². The van der Waals surface area contributed by atoms with E-state index < -0.39 is 9.84 Å². The Bertz CT molecular complexity index is 949. The van der Waals surface area contributed by atoms with E-state index >= 15 is 0 Å². The normalized spacial score (nSPS) is 18.1. The van der Waals surface area contributed by atoms with E-state index in [0.717, 1.165) is 43.0 Å². The van der Waals surface area contributed by atoms with Crippen molar-refractivity contribution in [1.29, 1.82) is 0 Å². The van der Waals surface area contributed by atoms with Crippen LogP contribution in [0.4, 0.5) is 0 Å². The van der Waals surface area contributed by atoms with Crippen molar-refractivity contribution in [1.82, 2.24) is 9.88 Å². The van der Waals surface area contributed by atoms with Crippen molar-refractivity contribution in [3.8, 4) is 11.5 Å². The largest absolute Gasteiger partial charge is 0.497 e. The van der Waals surface area contributed by atoms with E-state index in [-0.39, 0.29) is 10.8 Å². The average Bonchev–Trinajstić information content (AvgIpc) is 2.67. The summed E-state index contributed by atoms with van der Waals surface area (Å²) in [5, 5.41) is 0.333. The zero-order valence-electron chi connectivity index (χ0n) is 16.3. The summed E-state index contributed by atoms with van der Waals surface area (Å²) >= 11 is 5.99. The van der Waals surface area contributed by atoms with Gasteiger partial charge < -0.3 is 9.47 Å². The summed E-state index contributed by atoms with van der Waals surface area (Å²) in [6.45, 7) is 2.38. The lowest BCUT2D eigenvalue weighted by Crippen LogP contribution is -2.34. The third-order valence-electron chi connectivity index (χ3n) is 5.03. The molecule has 1 aliphatic heterocycles. The predicted molar refractivity (Wildman–Crippen MR) is 109 cm³/mol. The molecule has 1 atom stereocenters. The summed E-state index contributed by atoms with van der Waals surface area (Å²) < 4.78 is 35.2. The fourth-order valence-electron chi connectivity index (χ4n) is 3.68. The Hall–Kier alpha value is -1.83. The molecule has 2 aromatic rings. The predicted octanol–water partition coefficient (Wildman–Crippen LogP) is 3.54. The molecule has 1 aromatic carbocycles. The summed E-state index contributed by atoms with van der Waals surface area (Å²) in [7, 11) is -0.126. The number of rotatable bonds is 6. The first-order valence-corrected chi connectivity index (χ1v) is 11.4. The van der Waals surface area contributed by atoms with Crippen LogP contribution in [0.25, 0.3) is 0 Å². The maximum atomic E-state index is 12.2. The Kier molecular flexibility index (Phi) is 6.47. The third-order valence-corrected chi connectivity index (χ3v) is 6.36. The number of hydrogen-bond acceptors (Lipinski definition) is 6. The van der Waals surface area contributed by atoms with Gasteiger partial charge >= 0.3 is 0 Å². The number of nitrogens with zero attached hydrogens (tertiary/aromatic N) is 2. The number of likely N-dealkylation sites (tertiary alicyclic amines) is 1. The van der Waals surface area contributed by atoms with Gasteiger partial charge in [-0.3, -0.25) is 9.88 Å². The van der Waals surface area contributed by atoms with E-state index in [1.165, 1.54) is 18.5 Å². The Morgan fingerprint density at radius 2 is 2.04 bits per heavy atom. The van der Waals surface area contributed by atoms with Gasteiger partial charge in [0, 0.05) is 43.1 Å². The molecule has 8 heteroatoms. The molecule has 152 valence electrons. The first-order valence-electron chi connectivity index (χ1n) is 9.10. The number of benzene rings is 1. The van der Waals surface area contributed by atoms with Crippen LogP contribution in [0.5, 0.6) is 11.5 Å². The molecule has 0 spiro atoms. The lowest BCUT2D eigenvalue weighted by atomic mass is 9.93. The van der Waals surface area contributed by atoms with Gasteiger partial charge in [0.15, 0.2) is 9.84 Å². The van der Waals surface area contributed by atoms with Crippen LogP contribution in [-0.4, -0.2) is 51.9 Å². The Morgan fingerprint density at radius 3 is 2.71 bits per heavy atom. The molecule has 28 heavy (non-hydrogen) atoms. The minimum absolute atomic E-state index is 0.0417. The highest BCUT2D eigenvalue weighted by atomic mass is 35.5. The van der Waals surface area contributed by atoms with Crippen molar-refractivity contribution in [3.63, 3.8) is 0 Å². The highest BCUT2D eigenvalue weighted by Crippen LogP contribution is 2.33. The number of aromatic nitrogens is 1. The number of sulfone groups is 1. The SMILES string of the molecule is COc1ccc(CN2CCCC(c3ncc(Cl)cc3S(C)(=O)=O)C2)c(OC)c1. The Balaban J connectivity index is 1.82. The average molecular weight is 425 g/mol. The van der Waals surface area contributed by atoms with Crippen LogP contribution in [-0.2, 0) is 16.4 Å². The van der Waals surface area contributed by atoms with E-state index in [0.29, 0.717) is 17.3 Å². The molecule has 2 heterocycles. The Labute approximate surface area is 171 Å². The molecule has 6 nitrogen and oxygen atoms in total. The minimum atomic E-state index is -3.40. The van der Waals surface area contributed by atoms with Crippen molar-refractivity contribution in [2.45, 2.75) is 30.2 Å². The number of halogens is 1. The van der Waals surface area contributed by atoms with Crippen molar-refractivity contribution in [3.05, 3.63) is 46.7 Å². The van der Waals surface area contributed by atoms with E-state index in [4.69, 9.17) is 21.1 Å². The molecule has 1 aliphatic rings. The second-order valence-electron chi connectivity index (χ2n) is 7.06. The summed E-state index contributed by atoms with van der Waals surface area (Å²) in [6, 6.07) is 7.30. The van der Waals surface area contributed by atoms with Crippen LogP contribution in [0, 0.1) is 0 Å². The van der Waals surface area contributed by atoms with Gasteiger partial charge in [0.25, 0.3) is 0 Å². The standard InChI is InChI=1S/C20H25ClN2O4S/c1-26-17-7-6-14(18(10-17)27-2)12-23-8-4-5-15(13-23)20-19(28(3,24)25)9-16(21)11-22-20/h6-7,9-11,15H,4-5,8,12-13H2,1-3H3. The second-order valence-corrected chi connectivity index (χ2v) is 9.48. The molecule has 0 radical (unpaired) electrons. The first kappa shape index (κ1) is 20.9. The van der Waals surface area contributed by atoms with Gasteiger partial charge in [-0.05, 0) is 31.5 Å². The molecule has 3 rings (SSSR count). The van der Waals surface area contributed by atoms with E-state index in [1.54, 1.807) is 14.2 Å². The number of hydrogen-bond donors (Lipinski definition) is 0. The van der Waals surface area contributed by atoms with Crippen LogP contribution in [0.2, 0.25) is 5.02 Å². The number of pyridine rings is 1. The monoisotopic (exact) mass is 424 g/mol. The molecule has 0 bridgehead atoms. The molecule has 1 fully saturated rings. The summed E-state index contributed by atoms with van der Waals surface area (Å²) in [6.07, 6.45) is 4.59. The van der Waals surface area contributed by atoms with Crippen LogP contribution >= 0.6 is 11.6 Å². The molecule has 1 unspecified atom stereocenters. The molecule has 0 aliphatic carbocycles. The lowest BCUT2D eigenvalue weighted by Gasteiger charge is -2.33. The minimum Gasteiger partial charge on any atom is -0.497 e. The van der Waals surface area contributed by atoms with Crippen LogP contribution in [0.1, 0.15) is 30.0 Å². The van der Waals surface area contributed by atoms with Gasteiger partial charge in [0.1, 0.15) is 11.5 Å². The fourth-order valence-corrected chi connectivity index (χ4v) is 4.84. The van der Waals surface area contributed by atoms with Crippen LogP contribution in [0.3, 0.4) is 0 Å². The summed E-state index contributed by atoms with van der Waals surface area (Å²) in [5.41, 5.74) is 1.68. The smallest absolute Gasteiger partial charge is 0.177 e. The number of piperidine rings is 1. The summed E-state index contributed by atoms with van der Waals surface area (Å²) in [4.78, 5) is 6.92. The van der Waals surface area contributed by atoms with E-state index in [2.05, 4.69) is 9.88 Å². The third kappa shape index (κ3) is 4.77. The number of ether oxygens (including phenoxy) is 2. The van der Waals surface area contributed by atoms with Crippen molar-refractivity contribution in [2.75, 3.05) is 33.6 Å². The molecule has 0 N–H and O–H groups in total. The van der Waals surface area contributed by atoms with Gasteiger partial charge in [-0.25, -0.2) is 8.42 Å². The zero-order valence-corrected chi connectivity index (χ0v) is 17.9. The van der Waals surface area contributed by atoms with Gasteiger partial charge in [-0.1, -0.05) is 17.7 Å². The molecule has 1 aromatic heterocycles.